The Bertz CT molecular complexity index is 669. The lowest BCUT2D eigenvalue weighted by Gasteiger charge is -2.15. The fraction of sp³-hybridized carbons (Fsp3) is 0.400. The minimum atomic E-state index is -0.256. The van der Waals surface area contributed by atoms with Gasteiger partial charge in [-0.1, -0.05) is 36.4 Å². The first kappa shape index (κ1) is 20.5. The van der Waals surface area contributed by atoms with Crippen molar-refractivity contribution in [3.8, 4) is 11.5 Å². The van der Waals surface area contributed by atoms with Gasteiger partial charge in [0.2, 0.25) is 0 Å². The molecule has 142 valence electrons. The lowest BCUT2D eigenvalue weighted by Crippen LogP contribution is -2.30. The van der Waals surface area contributed by atoms with Crippen LogP contribution in [-0.2, 0) is 13.2 Å². The van der Waals surface area contributed by atoms with Crippen LogP contribution in [0.25, 0.3) is 0 Å². The van der Waals surface area contributed by atoms with Crippen LogP contribution in [0.2, 0.25) is 0 Å². The monoisotopic (exact) mass is 378 g/mol. The molecule has 2 atom stereocenters. The number of benzene rings is 2. The minimum absolute atomic E-state index is 0. The smallest absolute Gasteiger partial charge is 0.161 e. The molecule has 0 amide bonds. The number of methoxy groups -OCH3 is 1. The van der Waals surface area contributed by atoms with Crippen molar-refractivity contribution in [1.82, 2.24) is 10.6 Å². The van der Waals surface area contributed by atoms with E-state index in [0.717, 1.165) is 42.3 Å². The van der Waals surface area contributed by atoms with Crippen molar-refractivity contribution in [2.45, 2.75) is 19.3 Å². The molecule has 0 aliphatic carbocycles. The van der Waals surface area contributed by atoms with Crippen LogP contribution in [0.1, 0.15) is 11.1 Å². The minimum Gasteiger partial charge on any atom is -0.493 e. The maximum Gasteiger partial charge on any atom is 0.161 e. The number of nitrogens with one attached hydrogen (secondary N) is 2. The number of hydrogen-bond donors (Lipinski definition) is 3. The van der Waals surface area contributed by atoms with Gasteiger partial charge in [0.25, 0.3) is 0 Å². The molecule has 26 heavy (non-hydrogen) atoms. The number of halogens is 1. The molecule has 1 aliphatic rings. The van der Waals surface area contributed by atoms with Crippen molar-refractivity contribution in [3.63, 3.8) is 0 Å². The number of hydrogen-bond acceptors (Lipinski definition) is 5. The van der Waals surface area contributed by atoms with E-state index in [1.165, 1.54) is 0 Å². The van der Waals surface area contributed by atoms with Crippen molar-refractivity contribution in [2.75, 3.05) is 26.7 Å². The second-order valence-corrected chi connectivity index (χ2v) is 6.38. The summed E-state index contributed by atoms with van der Waals surface area (Å²) >= 11 is 0. The summed E-state index contributed by atoms with van der Waals surface area (Å²) in [6.45, 7) is 3.58. The van der Waals surface area contributed by atoms with Crippen LogP contribution in [0.4, 0.5) is 0 Å². The van der Waals surface area contributed by atoms with Gasteiger partial charge in [0.15, 0.2) is 11.5 Å². The second-order valence-electron chi connectivity index (χ2n) is 6.38. The SMILES string of the molecule is COc1ccc(CNCC2CNCC2O)cc1OCc1ccccc1.Cl. The first-order valence-electron chi connectivity index (χ1n) is 8.69. The van der Waals surface area contributed by atoms with Gasteiger partial charge in [0, 0.05) is 32.1 Å². The highest BCUT2D eigenvalue weighted by Gasteiger charge is 2.24. The van der Waals surface area contributed by atoms with Gasteiger partial charge in [-0.15, -0.1) is 12.4 Å². The first-order chi connectivity index (χ1) is 12.3. The Kier molecular flexibility index (Phi) is 8.19. The summed E-state index contributed by atoms with van der Waals surface area (Å²) < 4.78 is 11.4. The van der Waals surface area contributed by atoms with Gasteiger partial charge >= 0.3 is 0 Å². The summed E-state index contributed by atoms with van der Waals surface area (Å²) in [4.78, 5) is 0. The molecular formula is C20H27ClN2O3. The van der Waals surface area contributed by atoms with Crippen molar-refractivity contribution < 1.29 is 14.6 Å². The fourth-order valence-corrected chi connectivity index (χ4v) is 3.01. The van der Waals surface area contributed by atoms with E-state index in [9.17, 15) is 5.11 Å². The summed E-state index contributed by atoms with van der Waals surface area (Å²) in [5, 5.41) is 16.5. The Labute approximate surface area is 161 Å². The third kappa shape index (κ3) is 5.61. The first-order valence-corrected chi connectivity index (χ1v) is 8.69. The zero-order valence-corrected chi connectivity index (χ0v) is 15.8. The lowest BCUT2D eigenvalue weighted by atomic mass is 10.1. The fourth-order valence-electron chi connectivity index (χ4n) is 3.01. The van der Waals surface area contributed by atoms with E-state index in [1.54, 1.807) is 7.11 Å². The Morgan fingerprint density at radius 3 is 2.58 bits per heavy atom. The molecule has 3 N–H and O–H groups in total. The molecule has 1 saturated heterocycles. The largest absolute Gasteiger partial charge is 0.493 e. The Morgan fingerprint density at radius 2 is 1.88 bits per heavy atom. The lowest BCUT2D eigenvalue weighted by molar-refractivity contribution is 0.146. The van der Waals surface area contributed by atoms with E-state index in [0.29, 0.717) is 13.2 Å². The summed E-state index contributed by atoms with van der Waals surface area (Å²) in [5.74, 6) is 1.75. The molecule has 0 aromatic heterocycles. The van der Waals surface area contributed by atoms with Crippen LogP contribution in [0.5, 0.6) is 11.5 Å². The summed E-state index contributed by atoms with van der Waals surface area (Å²) in [6, 6.07) is 16.1. The van der Waals surface area contributed by atoms with E-state index in [-0.39, 0.29) is 24.4 Å². The molecule has 6 heteroatoms. The maximum atomic E-state index is 9.84. The van der Waals surface area contributed by atoms with Gasteiger partial charge in [-0.3, -0.25) is 0 Å². The van der Waals surface area contributed by atoms with Gasteiger partial charge in [-0.25, -0.2) is 0 Å². The Hall–Kier alpha value is -1.79. The van der Waals surface area contributed by atoms with E-state index in [1.807, 2.05) is 48.5 Å². The highest BCUT2D eigenvalue weighted by Crippen LogP contribution is 2.29. The number of aliphatic hydroxyl groups is 1. The van der Waals surface area contributed by atoms with E-state index in [2.05, 4.69) is 10.6 Å². The van der Waals surface area contributed by atoms with Crippen LogP contribution in [-0.4, -0.2) is 38.0 Å². The molecule has 2 aromatic carbocycles. The van der Waals surface area contributed by atoms with Gasteiger partial charge in [0.1, 0.15) is 6.61 Å². The molecule has 1 aliphatic heterocycles. The standard InChI is InChI=1S/C20H26N2O3.ClH/c1-24-19-8-7-16(10-21-11-17-12-22-13-18(17)23)9-20(19)25-14-15-5-3-2-4-6-15;/h2-9,17-18,21-23H,10-14H2,1H3;1H. The van der Waals surface area contributed by atoms with Crippen molar-refractivity contribution >= 4 is 12.4 Å². The zero-order valence-electron chi connectivity index (χ0n) is 15.0. The topological polar surface area (TPSA) is 62.8 Å². The Morgan fingerprint density at radius 1 is 1.08 bits per heavy atom. The third-order valence-corrected chi connectivity index (χ3v) is 4.51. The third-order valence-electron chi connectivity index (χ3n) is 4.51. The number of β-amino-alcohol motifs (C(OH)–C–C–N with tert-alkyl or cyclic N) is 1. The van der Waals surface area contributed by atoms with Crippen molar-refractivity contribution in [1.29, 1.82) is 0 Å². The summed E-state index contributed by atoms with van der Waals surface area (Å²) in [5.41, 5.74) is 2.25. The van der Waals surface area contributed by atoms with E-state index in [4.69, 9.17) is 9.47 Å². The summed E-state index contributed by atoms with van der Waals surface area (Å²) in [6.07, 6.45) is -0.256. The van der Waals surface area contributed by atoms with Crippen molar-refractivity contribution in [2.24, 2.45) is 5.92 Å². The van der Waals surface area contributed by atoms with Crippen molar-refractivity contribution in [3.05, 3.63) is 59.7 Å². The predicted molar refractivity (Wildman–Crippen MR) is 105 cm³/mol. The van der Waals surface area contributed by atoms with Gasteiger partial charge in [-0.05, 0) is 23.3 Å². The molecule has 1 fully saturated rings. The van der Waals surface area contributed by atoms with E-state index < -0.39 is 0 Å². The molecule has 5 nitrogen and oxygen atoms in total. The predicted octanol–water partition coefficient (Wildman–Crippen LogP) is 2.37. The molecule has 0 saturated carbocycles. The van der Waals surface area contributed by atoms with Gasteiger partial charge in [0.05, 0.1) is 13.2 Å². The average molecular weight is 379 g/mol. The van der Waals surface area contributed by atoms with Crippen LogP contribution < -0.4 is 20.1 Å². The number of rotatable bonds is 8. The summed E-state index contributed by atoms with van der Waals surface area (Å²) in [7, 11) is 1.65. The Balaban J connectivity index is 0.00000243. The highest BCUT2D eigenvalue weighted by atomic mass is 35.5. The highest BCUT2D eigenvalue weighted by molar-refractivity contribution is 5.85. The zero-order chi connectivity index (χ0) is 17.5. The molecule has 3 rings (SSSR count). The van der Waals surface area contributed by atoms with Crippen LogP contribution in [0.15, 0.2) is 48.5 Å². The quantitative estimate of drug-likeness (QED) is 0.658. The van der Waals surface area contributed by atoms with Crippen LogP contribution >= 0.6 is 12.4 Å². The van der Waals surface area contributed by atoms with Gasteiger partial charge in [-0.2, -0.15) is 0 Å². The number of ether oxygens (including phenoxy) is 2. The maximum absolute atomic E-state index is 9.84. The number of aliphatic hydroxyl groups excluding tert-OH is 1. The van der Waals surface area contributed by atoms with Crippen LogP contribution in [0.3, 0.4) is 0 Å². The molecular weight excluding hydrogens is 352 g/mol. The second kappa shape index (κ2) is 10.4. The normalized spacial score (nSPS) is 19.0. The molecule has 0 bridgehead atoms. The molecule has 0 radical (unpaired) electrons. The molecule has 2 aromatic rings. The van der Waals surface area contributed by atoms with Gasteiger partial charge < -0.3 is 25.2 Å². The van der Waals surface area contributed by atoms with Crippen LogP contribution in [0, 0.1) is 5.92 Å². The van der Waals surface area contributed by atoms with E-state index >= 15 is 0 Å². The average Bonchev–Trinajstić information content (AvgIpc) is 3.06. The molecule has 2 unspecified atom stereocenters. The molecule has 0 spiro atoms. The molecule has 1 heterocycles.